The second-order valence-electron chi connectivity index (χ2n) is 9.13. The van der Waals surface area contributed by atoms with Crippen molar-refractivity contribution >= 4 is 45.8 Å². The van der Waals surface area contributed by atoms with E-state index in [1.807, 2.05) is 76.5 Å². The Bertz CT molecular complexity index is 1410. The van der Waals surface area contributed by atoms with Crippen LogP contribution in [-0.4, -0.2) is 43.9 Å². The maximum absolute atomic E-state index is 13.8. The molecule has 0 bridgehead atoms. The Balaban J connectivity index is 1.70. The van der Waals surface area contributed by atoms with Crippen LogP contribution in [0.15, 0.2) is 60.7 Å². The van der Waals surface area contributed by atoms with Crippen LogP contribution in [0.2, 0.25) is 0 Å². The summed E-state index contributed by atoms with van der Waals surface area (Å²) in [4.78, 5) is 25.8. The highest BCUT2D eigenvalue weighted by molar-refractivity contribution is 7.94. The first kappa shape index (κ1) is 27.5. The smallest absolute Gasteiger partial charge is 0.345 e. The number of hydrogen-bond donors (Lipinski definition) is 1. The minimum absolute atomic E-state index is 0.417. The van der Waals surface area contributed by atoms with E-state index in [-0.39, 0.29) is 0 Å². The maximum Gasteiger partial charge on any atom is 0.345 e. The van der Waals surface area contributed by atoms with Crippen molar-refractivity contribution < 1.29 is 27.9 Å². The molecule has 4 rings (SSSR count). The van der Waals surface area contributed by atoms with Crippen LogP contribution in [0.5, 0.6) is 5.75 Å². The molecule has 9 heteroatoms. The first-order valence-electron chi connectivity index (χ1n) is 12.3. The third kappa shape index (κ3) is 5.97. The third-order valence-corrected chi connectivity index (χ3v) is 6.74. The number of rotatable bonds is 10. The molecular weight excluding hydrogens is 502 g/mol. The molecule has 0 saturated carbocycles. The predicted octanol–water partition coefficient (Wildman–Crippen LogP) is 4.94. The fourth-order valence-corrected chi connectivity index (χ4v) is 5.02. The largest absolute Gasteiger partial charge is 0.465 e. The van der Waals surface area contributed by atoms with Gasteiger partial charge in [0.2, 0.25) is 11.0 Å². The number of aromatic nitrogens is 1. The molecule has 198 valence electrons. The standard InChI is InChI=1S/C29H31N3O5S/c1-19-17-21(28(33)35-5)18-20(2)27(19)36-29(34)26-22-11-6-8-13-24(22)32(25-14-9-7-12-23(25)26)15-10-16-38-37-30-31(3)4/h6-9,11-14,17-18H,10,15-16H2,1-5H3/p+1. The Kier molecular flexibility index (Phi) is 8.96. The van der Waals surface area contributed by atoms with Gasteiger partial charge in [-0.1, -0.05) is 24.3 Å². The summed E-state index contributed by atoms with van der Waals surface area (Å²) in [7, 11) is 5.07. The highest BCUT2D eigenvalue weighted by atomic mass is 32.2. The number of para-hydroxylation sites is 2. The Labute approximate surface area is 226 Å². The van der Waals surface area contributed by atoms with Gasteiger partial charge in [0.15, 0.2) is 6.54 Å². The van der Waals surface area contributed by atoms with Crippen molar-refractivity contribution in [1.82, 2.24) is 10.6 Å². The monoisotopic (exact) mass is 534 g/mol. The van der Waals surface area contributed by atoms with Crippen LogP contribution in [0.4, 0.5) is 0 Å². The summed E-state index contributed by atoms with van der Waals surface area (Å²) >= 11 is 1.36. The zero-order valence-corrected chi connectivity index (χ0v) is 23.1. The molecule has 0 spiro atoms. The number of nitrogens with one attached hydrogen (secondary N) is 1. The van der Waals surface area contributed by atoms with Crippen LogP contribution < -0.4 is 14.9 Å². The van der Waals surface area contributed by atoms with E-state index >= 15 is 0 Å². The number of hydrogen-bond acceptors (Lipinski definition) is 8. The van der Waals surface area contributed by atoms with E-state index in [1.165, 1.54) is 19.2 Å². The van der Waals surface area contributed by atoms with Gasteiger partial charge >= 0.3 is 11.9 Å². The van der Waals surface area contributed by atoms with Crippen LogP contribution >= 0.6 is 12.0 Å². The summed E-state index contributed by atoms with van der Waals surface area (Å²) in [5.74, 6) is 0.356. The highest BCUT2D eigenvalue weighted by Gasteiger charge is 2.26. The molecule has 3 aromatic carbocycles. The Morgan fingerprint density at radius 2 is 1.50 bits per heavy atom. The predicted molar refractivity (Wildman–Crippen MR) is 149 cm³/mol. The van der Waals surface area contributed by atoms with Crippen molar-refractivity contribution in [2.75, 3.05) is 27.0 Å². The maximum atomic E-state index is 13.8. The van der Waals surface area contributed by atoms with E-state index in [1.54, 1.807) is 17.1 Å². The van der Waals surface area contributed by atoms with E-state index in [2.05, 4.69) is 10.2 Å². The van der Waals surface area contributed by atoms with Gasteiger partial charge in [0, 0.05) is 50.4 Å². The molecule has 4 aromatic rings. The molecule has 0 aliphatic rings. The first-order valence-corrected chi connectivity index (χ1v) is 13.2. The third-order valence-electron chi connectivity index (χ3n) is 6.10. The zero-order valence-electron chi connectivity index (χ0n) is 22.2. The van der Waals surface area contributed by atoms with Gasteiger partial charge in [0.1, 0.15) is 5.75 Å². The molecule has 38 heavy (non-hydrogen) atoms. The fourth-order valence-electron chi connectivity index (χ4n) is 4.49. The van der Waals surface area contributed by atoms with Gasteiger partial charge in [0.05, 0.1) is 29.0 Å². The minimum Gasteiger partial charge on any atom is -0.465 e. The minimum atomic E-state index is -0.444. The number of benzene rings is 3. The van der Waals surface area contributed by atoms with Crippen LogP contribution in [0.25, 0.3) is 21.8 Å². The molecule has 0 saturated heterocycles. The van der Waals surface area contributed by atoms with E-state index in [9.17, 15) is 9.59 Å². The van der Waals surface area contributed by atoms with E-state index in [0.717, 1.165) is 40.5 Å². The van der Waals surface area contributed by atoms with Gasteiger partial charge < -0.3 is 9.47 Å². The lowest BCUT2D eigenvalue weighted by Crippen LogP contribution is -2.37. The molecule has 0 unspecified atom stereocenters. The van der Waals surface area contributed by atoms with Gasteiger partial charge in [-0.25, -0.2) is 18.9 Å². The van der Waals surface area contributed by atoms with Crippen molar-refractivity contribution in [3.05, 3.63) is 82.9 Å². The number of fused-ring (bicyclic) bond motifs is 2. The van der Waals surface area contributed by atoms with E-state index < -0.39 is 11.9 Å². The Morgan fingerprint density at radius 3 is 2.05 bits per heavy atom. The molecule has 0 aliphatic carbocycles. The Morgan fingerprint density at radius 1 is 0.921 bits per heavy atom. The molecule has 0 fully saturated rings. The summed E-state index contributed by atoms with van der Waals surface area (Å²) in [6.45, 7) is 4.38. The molecule has 0 aliphatic heterocycles. The van der Waals surface area contributed by atoms with Crippen molar-refractivity contribution in [3.8, 4) is 5.75 Å². The van der Waals surface area contributed by atoms with Gasteiger partial charge in [0.25, 0.3) is 0 Å². The van der Waals surface area contributed by atoms with Gasteiger partial charge in [-0.2, -0.15) is 4.57 Å². The number of esters is 2. The van der Waals surface area contributed by atoms with E-state index in [0.29, 0.717) is 28.0 Å². The molecule has 0 radical (unpaired) electrons. The van der Waals surface area contributed by atoms with Gasteiger partial charge in [-0.05, 0) is 49.2 Å². The lowest BCUT2D eigenvalue weighted by molar-refractivity contribution is -0.645. The topological polar surface area (TPSA) is 81.0 Å². The average Bonchev–Trinajstić information content (AvgIpc) is 2.91. The number of hydrazine groups is 1. The SMILES string of the molecule is COC(=O)c1cc(C)c(OC(=O)c2c3ccccc3[n+](CCCSONN(C)C)c3ccccc23)c(C)c1. The number of carbonyl (C=O) groups excluding carboxylic acids is 2. The molecule has 1 aromatic heterocycles. The van der Waals surface area contributed by atoms with Crippen LogP contribution in [0.3, 0.4) is 0 Å². The molecule has 0 atom stereocenters. The normalized spacial score (nSPS) is 11.3. The fraction of sp³-hybridized carbons (Fsp3) is 0.276. The Hall–Kier alpha value is -3.50. The molecular formula is C29H32N3O5S+. The van der Waals surface area contributed by atoms with Crippen molar-refractivity contribution in [3.63, 3.8) is 0 Å². The van der Waals surface area contributed by atoms with Crippen molar-refractivity contribution in [2.24, 2.45) is 0 Å². The summed E-state index contributed by atoms with van der Waals surface area (Å²) in [6, 6.07) is 19.1. The van der Waals surface area contributed by atoms with Crippen LogP contribution in [-0.2, 0) is 15.6 Å². The number of nitrogens with zero attached hydrogens (tertiary/aromatic N) is 2. The zero-order chi connectivity index (χ0) is 27.2. The number of methoxy groups -OCH3 is 1. The van der Waals surface area contributed by atoms with E-state index in [4.69, 9.17) is 13.8 Å². The molecule has 8 nitrogen and oxygen atoms in total. The molecule has 1 heterocycles. The quantitative estimate of drug-likeness (QED) is 0.0583. The lowest BCUT2D eigenvalue weighted by atomic mass is 10.0. The van der Waals surface area contributed by atoms with Crippen LogP contribution in [0, 0.1) is 13.8 Å². The number of aryl methyl sites for hydroxylation is 3. The van der Waals surface area contributed by atoms with Crippen LogP contribution in [0.1, 0.15) is 38.3 Å². The summed E-state index contributed by atoms with van der Waals surface area (Å²) in [5.41, 5.74) is 6.97. The van der Waals surface area contributed by atoms with Gasteiger partial charge in [-0.3, -0.25) is 0 Å². The number of pyridine rings is 1. The molecule has 1 N–H and O–H groups in total. The highest BCUT2D eigenvalue weighted by Crippen LogP contribution is 2.30. The average molecular weight is 535 g/mol. The molecule has 0 amide bonds. The lowest BCUT2D eigenvalue weighted by Gasteiger charge is -2.15. The number of carbonyl (C=O) groups is 2. The summed E-state index contributed by atoms with van der Waals surface area (Å²) < 4.78 is 18.4. The van der Waals surface area contributed by atoms with Crippen molar-refractivity contribution in [2.45, 2.75) is 26.8 Å². The summed E-state index contributed by atoms with van der Waals surface area (Å²) in [5, 5.41) is 3.36. The van der Waals surface area contributed by atoms with Crippen molar-refractivity contribution in [1.29, 1.82) is 0 Å². The second kappa shape index (κ2) is 12.4. The second-order valence-corrected chi connectivity index (χ2v) is 9.94. The number of ether oxygens (including phenoxy) is 2. The summed E-state index contributed by atoms with van der Waals surface area (Å²) in [6.07, 6.45) is 0.868. The van der Waals surface area contributed by atoms with Gasteiger partial charge in [-0.15, -0.1) is 5.59 Å². The first-order chi connectivity index (χ1) is 18.3.